The zero-order valence-corrected chi connectivity index (χ0v) is 5.25. The van der Waals surface area contributed by atoms with E-state index in [2.05, 4.69) is 4.74 Å². The zero-order valence-electron chi connectivity index (χ0n) is 5.25. The van der Waals surface area contributed by atoms with Crippen LogP contribution in [0.4, 0.5) is 0 Å². The fraction of sp³-hybridized carbons (Fsp3) is 0.833. The van der Waals surface area contributed by atoms with Crippen molar-refractivity contribution in [2.45, 2.75) is 25.5 Å². The van der Waals surface area contributed by atoms with Crippen molar-refractivity contribution in [2.75, 3.05) is 0 Å². The Morgan fingerprint density at radius 2 is 2.33 bits per heavy atom. The maximum atomic E-state index is 9.76. The Balaban J connectivity index is 2.15. The number of ether oxygens (including phenoxy) is 1. The van der Waals surface area contributed by atoms with Crippen molar-refractivity contribution >= 4 is 6.47 Å². The first-order valence-electron chi connectivity index (χ1n) is 3.19. The van der Waals surface area contributed by atoms with Gasteiger partial charge in [0.25, 0.3) is 6.47 Å². The zero-order chi connectivity index (χ0) is 6.69. The van der Waals surface area contributed by atoms with Crippen LogP contribution in [0.25, 0.3) is 0 Å². The molecule has 0 bridgehead atoms. The Bertz CT molecular complexity index is 101. The van der Waals surface area contributed by atoms with E-state index in [1.807, 2.05) is 0 Å². The van der Waals surface area contributed by atoms with E-state index in [-0.39, 0.29) is 6.23 Å². The molecular weight excluding hydrogens is 118 g/mol. The number of carbonyl (C=O) groups is 1. The second-order valence-electron chi connectivity index (χ2n) is 2.39. The third kappa shape index (κ3) is 1.42. The van der Waals surface area contributed by atoms with Gasteiger partial charge in [0.2, 0.25) is 0 Å². The lowest BCUT2D eigenvalue weighted by atomic mass is 9.84. The summed E-state index contributed by atoms with van der Waals surface area (Å²) in [6.07, 6.45) is 3.08. The molecule has 1 atom stereocenters. The molecule has 2 N–H and O–H groups in total. The largest absolute Gasteiger partial charge is 0.449 e. The summed E-state index contributed by atoms with van der Waals surface area (Å²) in [5.41, 5.74) is 5.44. The summed E-state index contributed by atoms with van der Waals surface area (Å²) in [6.45, 7) is 0.420. The third-order valence-electron chi connectivity index (χ3n) is 1.83. The molecule has 9 heavy (non-hydrogen) atoms. The summed E-state index contributed by atoms with van der Waals surface area (Å²) in [6, 6.07) is 0. The number of carbonyl (C=O) groups excluding carboxylic acids is 1. The third-order valence-corrected chi connectivity index (χ3v) is 1.83. The fourth-order valence-electron chi connectivity index (χ4n) is 0.944. The molecule has 1 aliphatic carbocycles. The predicted molar refractivity (Wildman–Crippen MR) is 32.5 cm³/mol. The molecule has 0 heterocycles. The van der Waals surface area contributed by atoms with Crippen molar-refractivity contribution in [3.63, 3.8) is 0 Å². The van der Waals surface area contributed by atoms with Crippen LogP contribution in [0.3, 0.4) is 0 Å². The van der Waals surface area contributed by atoms with Crippen LogP contribution < -0.4 is 5.73 Å². The summed E-state index contributed by atoms with van der Waals surface area (Å²) in [7, 11) is 0. The molecule has 0 aromatic carbocycles. The molecule has 0 aromatic heterocycles. The van der Waals surface area contributed by atoms with Gasteiger partial charge in [-0.15, -0.1) is 0 Å². The van der Waals surface area contributed by atoms with Gasteiger partial charge in [-0.3, -0.25) is 10.5 Å². The smallest absolute Gasteiger partial charge is 0.294 e. The van der Waals surface area contributed by atoms with Crippen LogP contribution in [0.1, 0.15) is 19.3 Å². The van der Waals surface area contributed by atoms with Gasteiger partial charge in [0, 0.05) is 5.92 Å². The van der Waals surface area contributed by atoms with E-state index in [4.69, 9.17) is 5.73 Å². The SMILES string of the molecule is NC(OC=O)C1CCC1. The molecule has 0 amide bonds. The highest BCUT2D eigenvalue weighted by molar-refractivity contribution is 5.37. The Morgan fingerprint density at radius 1 is 1.67 bits per heavy atom. The Labute approximate surface area is 54.2 Å². The Kier molecular flexibility index (Phi) is 2.05. The summed E-state index contributed by atoms with van der Waals surface area (Å²) in [5, 5.41) is 0. The van der Waals surface area contributed by atoms with Crippen LogP contribution in [0.2, 0.25) is 0 Å². The van der Waals surface area contributed by atoms with Crippen molar-refractivity contribution in [1.29, 1.82) is 0 Å². The molecule has 52 valence electrons. The van der Waals surface area contributed by atoms with Crippen molar-refractivity contribution in [1.82, 2.24) is 0 Å². The first-order chi connectivity index (χ1) is 4.34. The topological polar surface area (TPSA) is 52.3 Å². The number of hydrogen-bond acceptors (Lipinski definition) is 3. The average molecular weight is 129 g/mol. The molecule has 0 aromatic rings. The summed E-state index contributed by atoms with van der Waals surface area (Å²) in [4.78, 5) is 9.76. The lowest BCUT2D eigenvalue weighted by Gasteiger charge is -2.29. The van der Waals surface area contributed by atoms with Crippen LogP contribution in [-0.4, -0.2) is 12.7 Å². The molecule has 0 aliphatic heterocycles. The van der Waals surface area contributed by atoms with Crippen molar-refractivity contribution in [2.24, 2.45) is 11.7 Å². The van der Waals surface area contributed by atoms with Crippen LogP contribution in [0.15, 0.2) is 0 Å². The van der Waals surface area contributed by atoms with Crippen molar-refractivity contribution in [3.05, 3.63) is 0 Å². The molecule has 1 rings (SSSR count). The molecule has 3 nitrogen and oxygen atoms in total. The highest BCUT2D eigenvalue weighted by Crippen LogP contribution is 2.28. The minimum absolute atomic E-state index is 0.351. The maximum Gasteiger partial charge on any atom is 0.294 e. The van der Waals surface area contributed by atoms with Crippen LogP contribution in [-0.2, 0) is 9.53 Å². The monoisotopic (exact) mass is 129 g/mol. The molecule has 1 aliphatic rings. The second kappa shape index (κ2) is 2.82. The van der Waals surface area contributed by atoms with E-state index < -0.39 is 0 Å². The van der Waals surface area contributed by atoms with Crippen LogP contribution >= 0.6 is 0 Å². The number of rotatable bonds is 3. The first kappa shape index (κ1) is 6.55. The number of nitrogens with two attached hydrogens (primary N) is 1. The molecular formula is C6H11NO2. The van der Waals surface area contributed by atoms with Crippen molar-refractivity contribution in [3.8, 4) is 0 Å². The molecule has 0 radical (unpaired) electrons. The summed E-state index contributed by atoms with van der Waals surface area (Å²) < 4.78 is 4.54. The fourth-order valence-corrected chi connectivity index (χ4v) is 0.944. The summed E-state index contributed by atoms with van der Waals surface area (Å²) >= 11 is 0. The van der Waals surface area contributed by atoms with Crippen LogP contribution in [0.5, 0.6) is 0 Å². The van der Waals surface area contributed by atoms with E-state index in [0.717, 1.165) is 12.8 Å². The summed E-state index contributed by atoms with van der Waals surface area (Å²) in [5.74, 6) is 0.426. The molecule has 0 spiro atoms. The standard InChI is InChI=1S/C6H11NO2/c7-6(9-4-8)5-2-1-3-5/h4-6H,1-3,7H2. The van der Waals surface area contributed by atoms with E-state index in [1.165, 1.54) is 6.42 Å². The van der Waals surface area contributed by atoms with E-state index in [0.29, 0.717) is 12.4 Å². The quantitative estimate of drug-likeness (QED) is 0.439. The molecule has 1 fully saturated rings. The van der Waals surface area contributed by atoms with Crippen molar-refractivity contribution < 1.29 is 9.53 Å². The molecule has 0 saturated heterocycles. The van der Waals surface area contributed by atoms with Gasteiger partial charge in [-0.25, -0.2) is 0 Å². The van der Waals surface area contributed by atoms with Gasteiger partial charge in [-0.1, -0.05) is 6.42 Å². The lowest BCUT2D eigenvalue weighted by Crippen LogP contribution is -2.36. The number of hydrogen-bond donors (Lipinski definition) is 1. The van der Waals surface area contributed by atoms with Gasteiger partial charge in [-0.2, -0.15) is 0 Å². The van der Waals surface area contributed by atoms with Gasteiger partial charge >= 0.3 is 0 Å². The van der Waals surface area contributed by atoms with E-state index >= 15 is 0 Å². The Morgan fingerprint density at radius 3 is 2.67 bits per heavy atom. The Hall–Kier alpha value is -0.570. The van der Waals surface area contributed by atoms with E-state index in [1.54, 1.807) is 0 Å². The van der Waals surface area contributed by atoms with Crippen LogP contribution in [0, 0.1) is 5.92 Å². The average Bonchev–Trinajstić information content (AvgIpc) is 1.60. The van der Waals surface area contributed by atoms with Gasteiger partial charge in [0.05, 0.1) is 0 Å². The lowest BCUT2D eigenvalue weighted by molar-refractivity contribution is -0.137. The maximum absolute atomic E-state index is 9.76. The minimum atomic E-state index is -0.351. The minimum Gasteiger partial charge on any atom is -0.449 e. The normalized spacial score (nSPS) is 22.3. The second-order valence-corrected chi connectivity index (χ2v) is 2.39. The molecule has 1 saturated carbocycles. The van der Waals surface area contributed by atoms with Gasteiger partial charge < -0.3 is 4.74 Å². The first-order valence-corrected chi connectivity index (χ1v) is 3.19. The molecule has 3 heteroatoms. The van der Waals surface area contributed by atoms with Gasteiger partial charge in [0.15, 0.2) is 6.23 Å². The van der Waals surface area contributed by atoms with Gasteiger partial charge in [-0.05, 0) is 12.8 Å². The van der Waals surface area contributed by atoms with E-state index in [9.17, 15) is 4.79 Å². The highest BCUT2D eigenvalue weighted by atomic mass is 16.5. The predicted octanol–water partition coefficient (Wildman–Crippen LogP) is 0.244. The highest BCUT2D eigenvalue weighted by Gasteiger charge is 2.25. The molecule has 1 unspecified atom stereocenters. The van der Waals surface area contributed by atoms with Gasteiger partial charge in [0.1, 0.15) is 0 Å².